The van der Waals surface area contributed by atoms with Gasteiger partial charge < -0.3 is 14.9 Å². The monoisotopic (exact) mass is 472 g/mol. The van der Waals surface area contributed by atoms with E-state index in [2.05, 4.69) is 59.8 Å². The Morgan fingerprint density at radius 3 is 2.41 bits per heavy atom. The zero-order chi connectivity index (χ0) is 25.1. The van der Waals surface area contributed by atoms with Crippen LogP contribution in [0.15, 0.2) is 23.8 Å². The molecule has 0 heterocycles. The largest absolute Gasteiger partial charge is 0.462 e. The Morgan fingerprint density at radius 1 is 1.06 bits per heavy atom. The van der Waals surface area contributed by atoms with E-state index in [9.17, 15) is 15.0 Å². The van der Waals surface area contributed by atoms with E-state index < -0.39 is 16.6 Å². The third kappa shape index (κ3) is 3.92. The van der Waals surface area contributed by atoms with Crippen LogP contribution in [0.3, 0.4) is 0 Å². The van der Waals surface area contributed by atoms with Gasteiger partial charge >= 0.3 is 5.97 Å². The van der Waals surface area contributed by atoms with Crippen molar-refractivity contribution >= 4 is 5.97 Å². The minimum absolute atomic E-state index is 0.0732. The molecule has 0 amide bonds. The zero-order valence-electron chi connectivity index (χ0n) is 22.6. The van der Waals surface area contributed by atoms with Gasteiger partial charge in [0.25, 0.3) is 0 Å². The lowest BCUT2D eigenvalue weighted by Gasteiger charge is -2.63. The average Bonchev–Trinajstić information content (AvgIpc) is 3.11. The third-order valence-corrected chi connectivity index (χ3v) is 11.0. The Morgan fingerprint density at radius 2 is 1.76 bits per heavy atom. The van der Waals surface area contributed by atoms with Crippen molar-refractivity contribution in [2.24, 2.45) is 40.4 Å². The smallest absolute Gasteiger partial charge is 0.302 e. The Kier molecular flexibility index (Phi) is 6.69. The zero-order valence-corrected chi connectivity index (χ0v) is 22.6. The van der Waals surface area contributed by atoms with Crippen LogP contribution < -0.4 is 0 Å². The van der Waals surface area contributed by atoms with Crippen LogP contribution in [0.1, 0.15) is 99.8 Å². The van der Waals surface area contributed by atoms with Gasteiger partial charge in [-0.2, -0.15) is 0 Å². The van der Waals surface area contributed by atoms with Crippen LogP contribution in [0.25, 0.3) is 0 Å². The van der Waals surface area contributed by atoms with Crippen LogP contribution in [0.5, 0.6) is 0 Å². The minimum Gasteiger partial charge on any atom is -0.462 e. The number of esters is 1. The first-order valence-electron chi connectivity index (χ1n) is 13.8. The number of allylic oxidation sites excluding steroid dienone is 3. The quantitative estimate of drug-likeness (QED) is 0.369. The number of carbonyl (C=O) groups is 1. The number of fused-ring (bicyclic) bond motifs is 5. The second-order valence-electron chi connectivity index (χ2n) is 13.2. The fraction of sp³-hybridized carbons (Fsp3) is 0.833. The molecule has 0 aromatic rings. The van der Waals surface area contributed by atoms with Crippen LogP contribution in [-0.4, -0.2) is 33.5 Å². The summed E-state index contributed by atoms with van der Waals surface area (Å²) >= 11 is 0. The molecule has 0 radical (unpaired) electrons. The Balaban J connectivity index is 1.61. The summed E-state index contributed by atoms with van der Waals surface area (Å²) in [6, 6.07) is 0. The third-order valence-electron chi connectivity index (χ3n) is 11.0. The number of rotatable bonds is 5. The van der Waals surface area contributed by atoms with Crippen molar-refractivity contribution in [3.05, 3.63) is 23.8 Å². The van der Waals surface area contributed by atoms with Gasteiger partial charge in [-0.3, -0.25) is 4.79 Å². The van der Waals surface area contributed by atoms with E-state index in [0.29, 0.717) is 42.9 Å². The number of carbonyl (C=O) groups excluding carboxylic acids is 1. The summed E-state index contributed by atoms with van der Waals surface area (Å²) in [6.07, 6.45) is 13.2. The number of aliphatic hydroxyl groups is 2. The van der Waals surface area contributed by atoms with E-state index in [1.54, 1.807) is 0 Å². The van der Waals surface area contributed by atoms with Crippen molar-refractivity contribution in [1.29, 1.82) is 0 Å². The summed E-state index contributed by atoms with van der Waals surface area (Å²) in [5, 5.41) is 24.2. The lowest BCUT2D eigenvalue weighted by atomic mass is 9.45. The van der Waals surface area contributed by atoms with Gasteiger partial charge in [-0.1, -0.05) is 59.8 Å². The van der Waals surface area contributed by atoms with E-state index in [0.717, 1.165) is 37.7 Å². The number of hydrogen-bond acceptors (Lipinski definition) is 4. The van der Waals surface area contributed by atoms with Crippen molar-refractivity contribution in [2.45, 2.75) is 117 Å². The highest BCUT2D eigenvalue weighted by molar-refractivity contribution is 5.66. The standard InChI is InChI=1S/C30H48O4/c1-19(2)20(3)8-9-21(4)24-10-11-25-27(24,6)14-13-26-28(7)15-12-23(34-22(5)31)18-29(28,32)16-17-30(25,26)33/h8-9,13,19-21,23-25,32-33H,10-12,14-18H2,1-7H3/b9-8+/t20-,21+,23+,24+,25-,27+,28+,29+,30-/m0/s1. The molecule has 0 unspecified atom stereocenters. The molecule has 34 heavy (non-hydrogen) atoms. The Bertz CT molecular complexity index is 860. The number of ether oxygens (including phenoxy) is 1. The molecule has 4 aliphatic rings. The molecule has 3 fully saturated rings. The van der Waals surface area contributed by atoms with Gasteiger partial charge in [-0.05, 0) is 85.5 Å². The van der Waals surface area contributed by atoms with E-state index in [4.69, 9.17) is 4.74 Å². The maximum absolute atomic E-state index is 12.4. The summed E-state index contributed by atoms with van der Waals surface area (Å²) < 4.78 is 5.50. The molecule has 3 saturated carbocycles. The first kappa shape index (κ1) is 25.9. The molecule has 4 nitrogen and oxygen atoms in total. The second kappa shape index (κ2) is 8.76. The Labute approximate surface area is 207 Å². The van der Waals surface area contributed by atoms with E-state index in [-0.39, 0.29) is 23.4 Å². The molecule has 0 spiro atoms. The first-order valence-corrected chi connectivity index (χ1v) is 13.8. The molecule has 0 aliphatic heterocycles. The lowest BCUT2D eigenvalue weighted by molar-refractivity contribution is -0.195. The second-order valence-corrected chi connectivity index (χ2v) is 13.2. The fourth-order valence-corrected chi connectivity index (χ4v) is 8.49. The number of hydrogen-bond donors (Lipinski definition) is 2. The molecular formula is C30H48O4. The van der Waals surface area contributed by atoms with E-state index in [1.807, 2.05) is 0 Å². The van der Waals surface area contributed by atoms with Gasteiger partial charge in [0.15, 0.2) is 0 Å². The van der Waals surface area contributed by atoms with Crippen molar-refractivity contribution in [1.82, 2.24) is 0 Å². The van der Waals surface area contributed by atoms with Gasteiger partial charge in [0, 0.05) is 18.8 Å². The molecule has 9 atom stereocenters. The Hall–Kier alpha value is -1.13. The first-order chi connectivity index (χ1) is 15.8. The van der Waals surface area contributed by atoms with Crippen LogP contribution in [0.4, 0.5) is 0 Å². The van der Waals surface area contributed by atoms with Gasteiger partial charge in [-0.25, -0.2) is 0 Å². The molecular weight excluding hydrogens is 424 g/mol. The topological polar surface area (TPSA) is 66.8 Å². The van der Waals surface area contributed by atoms with Gasteiger partial charge in [0.05, 0.1) is 11.2 Å². The average molecular weight is 473 g/mol. The van der Waals surface area contributed by atoms with Crippen molar-refractivity contribution in [3.63, 3.8) is 0 Å². The SMILES string of the molecule is CC(=O)O[C@@H]1CC[C@]2(C)C3=CC[C@]4(C)[C@@H]([C@H](C)/C=C/[C@H](C)C(C)C)CC[C@@H]4[C@@]3(O)CC[C@@]2(O)C1. The van der Waals surface area contributed by atoms with Crippen LogP contribution in [0, 0.1) is 40.4 Å². The lowest BCUT2D eigenvalue weighted by Crippen LogP contribution is -2.65. The van der Waals surface area contributed by atoms with Crippen molar-refractivity contribution < 1.29 is 19.7 Å². The summed E-state index contributed by atoms with van der Waals surface area (Å²) in [5.74, 6) is 2.23. The molecule has 4 aliphatic carbocycles. The summed E-state index contributed by atoms with van der Waals surface area (Å²) in [4.78, 5) is 11.5. The normalized spacial score (nSPS) is 45.8. The molecule has 0 saturated heterocycles. The summed E-state index contributed by atoms with van der Waals surface area (Å²) in [5.41, 5.74) is -1.09. The molecule has 2 N–H and O–H groups in total. The molecule has 4 heteroatoms. The highest BCUT2D eigenvalue weighted by Crippen LogP contribution is 2.68. The maximum Gasteiger partial charge on any atom is 0.302 e. The predicted octanol–water partition coefficient (Wildman–Crippen LogP) is 6.21. The van der Waals surface area contributed by atoms with E-state index >= 15 is 0 Å². The predicted molar refractivity (Wildman–Crippen MR) is 136 cm³/mol. The fourth-order valence-electron chi connectivity index (χ4n) is 8.49. The molecule has 0 bridgehead atoms. The van der Waals surface area contributed by atoms with Gasteiger partial charge in [0.2, 0.25) is 0 Å². The van der Waals surface area contributed by atoms with Gasteiger partial charge in [0.1, 0.15) is 6.10 Å². The van der Waals surface area contributed by atoms with Crippen molar-refractivity contribution in [3.8, 4) is 0 Å². The highest BCUT2D eigenvalue weighted by atomic mass is 16.5. The molecule has 4 rings (SSSR count). The highest BCUT2D eigenvalue weighted by Gasteiger charge is 2.67. The van der Waals surface area contributed by atoms with E-state index in [1.165, 1.54) is 6.92 Å². The molecule has 192 valence electrons. The van der Waals surface area contributed by atoms with Gasteiger partial charge in [-0.15, -0.1) is 0 Å². The van der Waals surface area contributed by atoms with Crippen LogP contribution >= 0.6 is 0 Å². The summed E-state index contributed by atoms with van der Waals surface area (Å²) in [7, 11) is 0. The molecule has 0 aromatic heterocycles. The maximum atomic E-state index is 12.4. The van der Waals surface area contributed by atoms with Crippen LogP contribution in [-0.2, 0) is 9.53 Å². The minimum atomic E-state index is -0.932. The summed E-state index contributed by atoms with van der Waals surface area (Å²) in [6.45, 7) is 15.2. The molecule has 0 aromatic carbocycles. The van der Waals surface area contributed by atoms with Crippen LogP contribution in [0.2, 0.25) is 0 Å². The van der Waals surface area contributed by atoms with Crippen molar-refractivity contribution in [2.75, 3.05) is 0 Å².